The SMILES string of the molecule is O=C(CCCC=CC[C@@H]1[C@@H](C=CC(F)(F)COc2ccccc2)[C@H](O)C[C@@H]1O)OCCNC(=O)OCCOCCO[N+](=O)[O-]. The molecule has 44 heavy (non-hydrogen) atoms. The summed E-state index contributed by atoms with van der Waals surface area (Å²) in [6, 6.07) is 8.27. The first-order valence-corrected chi connectivity index (χ1v) is 14.2. The van der Waals surface area contributed by atoms with Gasteiger partial charge in [0.1, 0.15) is 25.6 Å². The van der Waals surface area contributed by atoms with Gasteiger partial charge in [-0.3, -0.25) is 4.79 Å². The molecule has 0 bridgehead atoms. The molecule has 1 aromatic rings. The van der Waals surface area contributed by atoms with Gasteiger partial charge in [0.05, 0.1) is 32.0 Å². The molecule has 0 saturated heterocycles. The normalized spacial score (nSPS) is 20.1. The lowest BCUT2D eigenvalue weighted by atomic mass is 9.89. The number of para-hydroxylation sites is 1. The number of alkyl halides is 2. The van der Waals surface area contributed by atoms with Crippen LogP contribution < -0.4 is 10.1 Å². The number of allylic oxidation sites excluding steroid dienone is 2. The van der Waals surface area contributed by atoms with E-state index in [9.17, 15) is 38.7 Å². The van der Waals surface area contributed by atoms with E-state index in [2.05, 4.69) is 10.2 Å². The number of ether oxygens (including phenoxy) is 4. The molecule has 0 heterocycles. The molecule has 15 heteroatoms. The summed E-state index contributed by atoms with van der Waals surface area (Å²) in [7, 11) is 0. The molecule has 2 rings (SSSR count). The molecule has 1 aliphatic rings. The van der Waals surface area contributed by atoms with E-state index < -0.39 is 53.7 Å². The number of carbonyl (C=O) groups is 2. The second-order valence-electron chi connectivity index (χ2n) is 9.89. The number of rotatable bonds is 21. The Balaban J connectivity index is 1.57. The molecular formula is C29H40F2N2O11. The van der Waals surface area contributed by atoms with Crippen LogP contribution in [0, 0.1) is 22.0 Å². The molecule has 0 aromatic heterocycles. The highest BCUT2D eigenvalue weighted by atomic mass is 19.3. The van der Waals surface area contributed by atoms with E-state index >= 15 is 0 Å². The molecule has 0 aliphatic heterocycles. The molecule has 1 aliphatic carbocycles. The Hall–Kier alpha value is -3.82. The molecule has 1 amide bonds. The van der Waals surface area contributed by atoms with Gasteiger partial charge in [0.2, 0.25) is 0 Å². The zero-order valence-corrected chi connectivity index (χ0v) is 24.3. The summed E-state index contributed by atoms with van der Waals surface area (Å²) in [4.78, 5) is 37.4. The van der Waals surface area contributed by atoms with Crippen LogP contribution in [0.5, 0.6) is 5.75 Å². The van der Waals surface area contributed by atoms with Crippen LogP contribution >= 0.6 is 0 Å². The van der Waals surface area contributed by atoms with Gasteiger partial charge < -0.3 is 39.3 Å². The number of aliphatic hydroxyl groups excluding tert-OH is 2. The van der Waals surface area contributed by atoms with Gasteiger partial charge in [-0.25, -0.2) is 4.79 Å². The van der Waals surface area contributed by atoms with Crippen LogP contribution in [-0.2, 0) is 23.8 Å². The maximum absolute atomic E-state index is 14.4. The zero-order valence-electron chi connectivity index (χ0n) is 24.3. The molecule has 246 valence electrons. The first kappa shape index (κ1) is 36.4. The summed E-state index contributed by atoms with van der Waals surface area (Å²) in [5.74, 6) is -4.46. The number of hydrogen-bond donors (Lipinski definition) is 3. The van der Waals surface area contributed by atoms with Gasteiger partial charge in [-0.2, -0.15) is 8.78 Å². The predicted octanol–water partition coefficient (Wildman–Crippen LogP) is 3.23. The highest BCUT2D eigenvalue weighted by Gasteiger charge is 2.40. The second-order valence-corrected chi connectivity index (χ2v) is 9.89. The number of hydrogen-bond acceptors (Lipinski definition) is 11. The molecule has 1 saturated carbocycles. The summed E-state index contributed by atoms with van der Waals surface area (Å²) in [5.41, 5.74) is 0. The van der Waals surface area contributed by atoms with Crippen molar-refractivity contribution in [1.29, 1.82) is 0 Å². The Morgan fingerprint density at radius 2 is 1.80 bits per heavy atom. The summed E-state index contributed by atoms with van der Waals surface area (Å²) < 4.78 is 48.7. The van der Waals surface area contributed by atoms with E-state index in [-0.39, 0.29) is 52.4 Å². The molecule has 0 unspecified atom stereocenters. The average molecular weight is 631 g/mol. The highest BCUT2D eigenvalue weighted by Crippen LogP contribution is 2.37. The first-order chi connectivity index (χ1) is 21.1. The summed E-state index contributed by atoms with van der Waals surface area (Å²) in [6.07, 6.45) is 4.72. The van der Waals surface area contributed by atoms with Gasteiger partial charge in [-0.05, 0) is 43.4 Å². The number of carbonyl (C=O) groups excluding carboxylic acids is 2. The van der Waals surface area contributed by atoms with Crippen molar-refractivity contribution in [2.45, 2.75) is 50.2 Å². The van der Waals surface area contributed by atoms with Gasteiger partial charge in [0.25, 0.3) is 11.0 Å². The number of unbranched alkanes of at least 4 members (excludes halogenated alkanes) is 1. The minimum absolute atomic E-state index is 0.0278. The molecule has 0 spiro atoms. The Bertz CT molecular complexity index is 1060. The van der Waals surface area contributed by atoms with E-state index in [0.29, 0.717) is 25.0 Å². The standard InChI is InChI=1S/C29H40F2N2O11/c30-29(31,21-43-22-8-4-3-5-9-22)13-12-24-23(25(34)20-26(24)35)10-6-1-2-7-11-27(36)41-15-14-32-28(37)42-18-16-40-17-19-44-33(38)39/h1,3-6,8-9,12-13,23-26,34-35H,2,7,10-11,14-21H2,(H,32,37)/t23-,24-,25+,26-/m1/s1. The maximum atomic E-state index is 14.4. The lowest BCUT2D eigenvalue weighted by molar-refractivity contribution is -0.758. The molecule has 1 fully saturated rings. The summed E-state index contributed by atoms with van der Waals surface area (Å²) in [5, 5.41) is 32.1. The fourth-order valence-electron chi connectivity index (χ4n) is 4.35. The Kier molecular flexibility index (Phi) is 16.7. The average Bonchev–Trinajstić information content (AvgIpc) is 3.26. The van der Waals surface area contributed by atoms with Crippen molar-refractivity contribution in [2.75, 3.05) is 46.2 Å². The lowest BCUT2D eigenvalue weighted by Crippen LogP contribution is -2.29. The van der Waals surface area contributed by atoms with Crippen LogP contribution in [0.3, 0.4) is 0 Å². The summed E-state index contributed by atoms with van der Waals surface area (Å²) >= 11 is 0. The number of aliphatic hydroxyl groups is 2. The zero-order chi connectivity index (χ0) is 32.2. The minimum Gasteiger partial charge on any atom is -0.487 e. The third kappa shape index (κ3) is 15.6. The number of benzene rings is 1. The number of halogens is 2. The summed E-state index contributed by atoms with van der Waals surface area (Å²) in [6.45, 7) is -1.15. The number of esters is 1. The maximum Gasteiger partial charge on any atom is 0.407 e. The van der Waals surface area contributed by atoms with E-state index in [4.69, 9.17) is 18.9 Å². The van der Waals surface area contributed by atoms with Crippen LogP contribution in [0.1, 0.15) is 32.1 Å². The van der Waals surface area contributed by atoms with Crippen molar-refractivity contribution in [2.24, 2.45) is 11.8 Å². The third-order valence-electron chi connectivity index (χ3n) is 6.50. The van der Waals surface area contributed by atoms with Crippen LogP contribution in [0.25, 0.3) is 0 Å². The number of nitrogens with one attached hydrogen (secondary N) is 1. The van der Waals surface area contributed by atoms with E-state index in [0.717, 1.165) is 6.08 Å². The predicted molar refractivity (Wildman–Crippen MR) is 151 cm³/mol. The van der Waals surface area contributed by atoms with Crippen molar-refractivity contribution in [3.63, 3.8) is 0 Å². The van der Waals surface area contributed by atoms with Gasteiger partial charge in [0.15, 0.2) is 6.61 Å². The van der Waals surface area contributed by atoms with E-state index in [1.807, 2.05) is 6.08 Å². The first-order valence-electron chi connectivity index (χ1n) is 14.2. The van der Waals surface area contributed by atoms with Crippen molar-refractivity contribution in [1.82, 2.24) is 5.32 Å². The highest BCUT2D eigenvalue weighted by molar-refractivity contribution is 5.69. The molecule has 13 nitrogen and oxygen atoms in total. The van der Waals surface area contributed by atoms with Crippen molar-refractivity contribution >= 4 is 12.1 Å². The molecule has 4 atom stereocenters. The third-order valence-corrected chi connectivity index (χ3v) is 6.50. The molecule has 0 radical (unpaired) electrons. The quantitative estimate of drug-likeness (QED) is 0.0598. The minimum atomic E-state index is -3.26. The van der Waals surface area contributed by atoms with Gasteiger partial charge in [-0.1, -0.05) is 36.4 Å². The monoisotopic (exact) mass is 630 g/mol. The Labute approximate surface area is 253 Å². The van der Waals surface area contributed by atoms with Gasteiger partial charge in [-0.15, -0.1) is 10.1 Å². The number of nitrogens with zero attached hydrogens (tertiary/aromatic N) is 1. The topological polar surface area (TPSA) is 176 Å². The Morgan fingerprint density at radius 1 is 1.05 bits per heavy atom. The van der Waals surface area contributed by atoms with E-state index in [1.165, 1.54) is 6.08 Å². The van der Waals surface area contributed by atoms with Crippen LogP contribution in [0.4, 0.5) is 13.6 Å². The Morgan fingerprint density at radius 3 is 2.55 bits per heavy atom. The van der Waals surface area contributed by atoms with Crippen LogP contribution in [0.15, 0.2) is 54.6 Å². The lowest BCUT2D eigenvalue weighted by Gasteiger charge is -2.20. The van der Waals surface area contributed by atoms with Crippen molar-refractivity contribution in [3.8, 4) is 5.75 Å². The molecule has 1 aromatic carbocycles. The smallest absolute Gasteiger partial charge is 0.407 e. The van der Waals surface area contributed by atoms with Crippen LogP contribution in [-0.4, -0.2) is 91.7 Å². The molecular weight excluding hydrogens is 590 g/mol. The second kappa shape index (κ2) is 20.2. The molecule has 3 N–H and O–H groups in total. The van der Waals surface area contributed by atoms with Crippen molar-refractivity contribution < 1.29 is 57.5 Å². The largest absolute Gasteiger partial charge is 0.487 e. The van der Waals surface area contributed by atoms with Crippen molar-refractivity contribution in [3.05, 3.63) is 64.8 Å². The number of amides is 1. The fraction of sp³-hybridized carbons (Fsp3) is 0.586. The number of alkyl carbamates (subject to hydrolysis) is 1. The fourth-order valence-corrected chi connectivity index (χ4v) is 4.35. The van der Waals surface area contributed by atoms with Gasteiger partial charge in [0, 0.05) is 18.8 Å². The van der Waals surface area contributed by atoms with Crippen LogP contribution in [0.2, 0.25) is 0 Å². The van der Waals surface area contributed by atoms with E-state index in [1.54, 1.807) is 36.4 Å². The van der Waals surface area contributed by atoms with Gasteiger partial charge >= 0.3 is 12.1 Å².